The molecule has 5 nitrogen and oxygen atoms in total. The summed E-state index contributed by atoms with van der Waals surface area (Å²) >= 11 is 0. The second-order valence-electron chi connectivity index (χ2n) is 2.42. The van der Waals surface area contributed by atoms with Crippen molar-refractivity contribution in [3.63, 3.8) is 0 Å². The molecule has 0 bridgehead atoms. The Morgan fingerprint density at radius 2 is 2.07 bits per heavy atom. The summed E-state index contributed by atoms with van der Waals surface area (Å²) in [5, 5.41) is 11.9. The molecule has 0 radical (unpaired) electrons. The smallest absolute Gasteiger partial charge is 0.336 e. The minimum atomic E-state index is -1.12. The highest BCUT2D eigenvalue weighted by Crippen LogP contribution is 2.13. The van der Waals surface area contributed by atoms with E-state index in [0.717, 1.165) is 6.20 Å². The van der Waals surface area contributed by atoms with Crippen molar-refractivity contribution in [2.75, 3.05) is 0 Å². The van der Waals surface area contributed by atoms with Crippen LogP contribution in [0.5, 0.6) is 0 Å². The molecular formula is C9H7N3O2. The fraction of sp³-hybridized carbons (Fsp3) is 0. The van der Waals surface area contributed by atoms with Gasteiger partial charge >= 0.3 is 5.97 Å². The van der Waals surface area contributed by atoms with Crippen molar-refractivity contribution in [1.29, 1.82) is 0 Å². The normalized spacial score (nSPS) is 10.4. The summed E-state index contributed by atoms with van der Waals surface area (Å²) in [5.74, 6) is -1.12. The van der Waals surface area contributed by atoms with E-state index >= 15 is 0 Å². The number of benzene rings is 1. The maximum Gasteiger partial charge on any atom is 0.336 e. The van der Waals surface area contributed by atoms with Gasteiger partial charge in [0.2, 0.25) is 0 Å². The lowest BCUT2D eigenvalue weighted by Crippen LogP contribution is -1.98. The van der Waals surface area contributed by atoms with E-state index < -0.39 is 5.97 Å². The van der Waals surface area contributed by atoms with Crippen molar-refractivity contribution in [2.24, 2.45) is 5.11 Å². The van der Waals surface area contributed by atoms with Crippen LogP contribution in [-0.4, -0.2) is 11.1 Å². The van der Waals surface area contributed by atoms with Crippen molar-refractivity contribution in [1.82, 2.24) is 0 Å². The largest absolute Gasteiger partial charge is 0.478 e. The standard InChI is InChI=1S/C9H7N3O2/c10-12-11-6-8(9(13)14)7-4-2-1-3-5-7/h1-6H,(H,13,14). The molecule has 0 atom stereocenters. The number of carbonyl (C=O) groups is 1. The van der Waals surface area contributed by atoms with Crippen LogP contribution in [-0.2, 0) is 4.79 Å². The summed E-state index contributed by atoms with van der Waals surface area (Å²) in [6.45, 7) is 0. The van der Waals surface area contributed by atoms with E-state index in [1.165, 1.54) is 0 Å². The monoisotopic (exact) mass is 189 g/mol. The summed E-state index contributed by atoms with van der Waals surface area (Å²) in [4.78, 5) is 13.2. The van der Waals surface area contributed by atoms with Gasteiger partial charge in [-0.15, -0.1) is 0 Å². The molecule has 14 heavy (non-hydrogen) atoms. The highest BCUT2D eigenvalue weighted by Gasteiger charge is 2.07. The zero-order chi connectivity index (χ0) is 10.4. The molecule has 0 fully saturated rings. The first-order valence-electron chi connectivity index (χ1n) is 3.79. The second-order valence-corrected chi connectivity index (χ2v) is 2.42. The Hall–Kier alpha value is -2.26. The van der Waals surface area contributed by atoms with Crippen LogP contribution in [0.2, 0.25) is 0 Å². The lowest BCUT2D eigenvalue weighted by molar-refractivity contribution is -0.130. The Kier molecular flexibility index (Phi) is 3.29. The van der Waals surface area contributed by atoms with Crippen molar-refractivity contribution in [3.05, 3.63) is 52.5 Å². The quantitative estimate of drug-likeness (QED) is 0.342. The zero-order valence-electron chi connectivity index (χ0n) is 7.16. The number of hydrogen-bond donors (Lipinski definition) is 1. The Labute approximate surface area is 79.9 Å². The van der Waals surface area contributed by atoms with Crippen LogP contribution < -0.4 is 0 Å². The SMILES string of the molecule is [N-]=[N+]=NC=C(C(=O)O)c1ccccc1. The van der Waals surface area contributed by atoms with Gasteiger partial charge in [0.15, 0.2) is 0 Å². The Morgan fingerprint density at radius 3 is 2.57 bits per heavy atom. The lowest BCUT2D eigenvalue weighted by atomic mass is 10.1. The summed E-state index contributed by atoms with van der Waals surface area (Å²) in [7, 11) is 0. The highest BCUT2D eigenvalue weighted by molar-refractivity contribution is 6.15. The topological polar surface area (TPSA) is 86.1 Å². The van der Waals surface area contributed by atoms with Crippen LogP contribution in [0.3, 0.4) is 0 Å². The number of rotatable bonds is 3. The molecule has 1 aromatic rings. The third-order valence-electron chi connectivity index (χ3n) is 1.55. The van der Waals surface area contributed by atoms with Crippen molar-refractivity contribution < 1.29 is 9.90 Å². The Morgan fingerprint density at radius 1 is 1.43 bits per heavy atom. The molecule has 1 aromatic carbocycles. The van der Waals surface area contributed by atoms with Crippen LogP contribution in [0.25, 0.3) is 16.0 Å². The van der Waals surface area contributed by atoms with Crippen LogP contribution in [0.1, 0.15) is 5.56 Å². The van der Waals surface area contributed by atoms with Gasteiger partial charge in [0.25, 0.3) is 0 Å². The number of azide groups is 1. The van der Waals surface area contributed by atoms with E-state index in [0.29, 0.717) is 5.56 Å². The minimum Gasteiger partial charge on any atom is -0.478 e. The third kappa shape index (κ3) is 2.36. The van der Waals surface area contributed by atoms with Gasteiger partial charge in [0, 0.05) is 11.1 Å². The van der Waals surface area contributed by atoms with Crippen LogP contribution in [0, 0.1) is 0 Å². The fourth-order valence-corrected chi connectivity index (χ4v) is 0.954. The molecule has 0 unspecified atom stereocenters. The van der Waals surface area contributed by atoms with Crippen LogP contribution in [0.15, 0.2) is 41.6 Å². The molecule has 1 N–H and O–H groups in total. The molecule has 0 saturated carbocycles. The summed E-state index contributed by atoms with van der Waals surface area (Å²) in [5.41, 5.74) is 8.55. The van der Waals surface area contributed by atoms with Crippen LogP contribution >= 0.6 is 0 Å². The molecule has 5 heteroatoms. The van der Waals surface area contributed by atoms with Crippen LogP contribution in [0.4, 0.5) is 0 Å². The molecule has 70 valence electrons. The highest BCUT2D eigenvalue weighted by atomic mass is 16.4. The lowest BCUT2D eigenvalue weighted by Gasteiger charge is -1.99. The molecule has 0 saturated heterocycles. The first kappa shape index (κ1) is 9.83. The van der Waals surface area contributed by atoms with E-state index in [1.807, 2.05) is 0 Å². The molecule has 1 rings (SSSR count). The second kappa shape index (κ2) is 4.69. The summed E-state index contributed by atoms with van der Waals surface area (Å²) in [6, 6.07) is 8.46. The van der Waals surface area contributed by atoms with Gasteiger partial charge in [-0.2, -0.15) is 0 Å². The average Bonchev–Trinajstić information content (AvgIpc) is 2.19. The molecule has 0 aliphatic heterocycles. The fourth-order valence-electron chi connectivity index (χ4n) is 0.954. The number of carboxylic acid groups (broad SMARTS) is 1. The van der Waals surface area contributed by atoms with E-state index in [4.69, 9.17) is 10.6 Å². The van der Waals surface area contributed by atoms with E-state index in [1.54, 1.807) is 30.3 Å². The van der Waals surface area contributed by atoms with E-state index in [9.17, 15) is 4.79 Å². The molecule has 0 heterocycles. The van der Waals surface area contributed by atoms with Crippen molar-refractivity contribution >= 4 is 11.5 Å². The zero-order valence-corrected chi connectivity index (χ0v) is 7.16. The summed E-state index contributed by atoms with van der Waals surface area (Å²) in [6.07, 6.45) is 0.984. The van der Waals surface area contributed by atoms with Gasteiger partial charge in [0.1, 0.15) is 0 Å². The number of hydrogen-bond acceptors (Lipinski definition) is 2. The molecule has 0 aliphatic rings. The predicted molar refractivity (Wildman–Crippen MR) is 51.2 cm³/mol. The third-order valence-corrected chi connectivity index (χ3v) is 1.55. The number of aliphatic carboxylic acids is 1. The van der Waals surface area contributed by atoms with Gasteiger partial charge in [-0.1, -0.05) is 35.4 Å². The molecule has 0 spiro atoms. The maximum atomic E-state index is 10.8. The van der Waals surface area contributed by atoms with Crippen molar-refractivity contribution in [2.45, 2.75) is 0 Å². The molecule has 0 aliphatic carbocycles. The van der Waals surface area contributed by atoms with Gasteiger partial charge in [0.05, 0.1) is 5.57 Å². The average molecular weight is 189 g/mol. The maximum absolute atomic E-state index is 10.8. The molecule has 0 amide bonds. The predicted octanol–water partition coefficient (Wildman–Crippen LogP) is 2.42. The van der Waals surface area contributed by atoms with E-state index in [2.05, 4.69) is 10.0 Å². The number of carboxylic acids is 1. The Balaban J connectivity index is 3.13. The van der Waals surface area contributed by atoms with Gasteiger partial charge in [-0.05, 0) is 11.1 Å². The first-order chi connectivity index (χ1) is 6.75. The van der Waals surface area contributed by atoms with Gasteiger partial charge in [-0.3, -0.25) is 0 Å². The van der Waals surface area contributed by atoms with Gasteiger partial charge < -0.3 is 5.11 Å². The number of nitrogens with zero attached hydrogens (tertiary/aromatic N) is 3. The summed E-state index contributed by atoms with van der Waals surface area (Å²) < 4.78 is 0. The molecular weight excluding hydrogens is 182 g/mol. The first-order valence-corrected chi connectivity index (χ1v) is 3.79. The van der Waals surface area contributed by atoms with E-state index in [-0.39, 0.29) is 5.57 Å². The minimum absolute atomic E-state index is 0.0246. The Bertz CT molecular complexity index is 405. The van der Waals surface area contributed by atoms with Gasteiger partial charge in [-0.25, -0.2) is 4.79 Å². The molecule has 0 aromatic heterocycles. The van der Waals surface area contributed by atoms with Crippen molar-refractivity contribution in [3.8, 4) is 0 Å².